The van der Waals surface area contributed by atoms with Crippen molar-refractivity contribution in [3.05, 3.63) is 0 Å². The normalized spacial score (nSPS) is 30.1. The number of nitrogens with one attached hydrogen (secondary N) is 1. The van der Waals surface area contributed by atoms with Gasteiger partial charge in [0.1, 0.15) is 5.78 Å². The maximum atomic E-state index is 12.1. The fourth-order valence-electron chi connectivity index (χ4n) is 2.74. The molecule has 19 heavy (non-hydrogen) atoms. The summed E-state index contributed by atoms with van der Waals surface area (Å²) in [6.45, 7) is 5.25. The molecule has 0 radical (unpaired) electrons. The molecule has 0 bridgehead atoms. The average molecular weight is 287 g/mol. The highest BCUT2D eigenvalue weighted by Gasteiger charge is 2.62. The van der Waals surface area contributed by atoms with E-state index in [0.29, 0.717) is 19.3 Å². The SMILES string of the molecule is CCC(C)(C)C(=O)NS(=O)(=O)CC12CCC1CC2=O. The second kappa shape index (κ2) is 4.30. The Balaban J connectivity index is 2.04. The van der Waals surface area contributed by atoms with Crippen LogP contribution in [0.5, 0.6) is 0 Å². The number of Topliss-reactive ketones (excluding diaryl/α,β-unsaturated/α-hetero) is 1. The Hall–Kier alpha value is -0.910. The van der Waals surface area contributed by atoms with Crippen LogP contribution in [0.25, 0.3) is 0 Å². The minimum Gasteiger partial charge on any atom is -0.299 e. The molecule has 2 aliphatic carbocycles. The zero-order valence-electron chi connectivity index (χ0n) is 11.7. The Kier molecular flexibility index (Phi) is 3.28. The maximum Gasteiger partial charge on any atom is 0.239 e. The van der Waals surface area contributed by atoms with Gasteiger partial charge in [0.2, 0.25) is 15.9 Å². The van der Waals surface area contributed by atoms with Crippen LogP contribution in [0.2, 0.25) is 0 Å². The lowest BCUT2D eigenvalue weighted by Crippen LogP contribution is -2.62. The zero-order chi connectivity index (χ0) is 14.5. The number of carbonyl (C=O) groups is 2. The van der Waals surface area contributed by atoms with E-state index in [1.807, 2.05) is 6.92 Å². The van der Waals surface area contributed by atoms with Crippen molar-refractivity contribution in [3.8, 4) is 0 Å². The number of hydrogen-bond donors (Lipinski definition) is 1. The molecule has 0 aromatic heterocycles. The molecule has 2 fully saturated rings. The van der Waals surface area contributed by atoms with Gasteiger partial charge in [-0.3, -0.25) is 14.3 Å². The van der Waals surface area contributed by atoms with Gasteiger partial charge in [0.25, 0.3) is 0 Å². The van der Waals surface area contributed by atoms with Crippen LogP contribution in [0.4, 0.5) is 0 Å². The van der Waals surface area contributed by atoms with Gasteiger partial charge in [0.15, 0.2) is 0 Å². The van der Waals surface area contributed by atoms with Crippen LogP contribution in [0.3, 0.4) is 0 Å². The zero-order valence-corrected chi connectivity index (χ0v) is 12.5. The topological polar surface area (TPSA) is 80.3 Å². The van der Waals surface area contributed by atoms with Crippen LogP contribution in [0.15, 0.2) is 0 Å². The van der Waals surface area contributed by atoms with Crippen molar-refractivity contribution in [2.24, 2.45) is 16.7 Å². The van der Waals surface area contributed by atoms with E-state index in [0.717, 1.165) is 6.42 Å². The van der Waals surface area contributed by atoms with E-state index >= 15 is 0 Å². The largest absolute Gasteiger partial charge is 0.299 e. The number of rotatable bonds is 5. The van der Waals surface area contributed by atoms with E-state index in [2.05, 4.69) is 4.72 Å². The van der Waals surface area contributed by atoms with Gasteiger partial charge < -0.3 is 0 Å². The van der Waals surface area contributed by atoms with Crippen molar-refractivity contribution in [1.29, 1.82) is 0 Å². The summed E-state index contributed by atoms with van der Waals surface area (Å²) in [5.74, 6) is -0.467. The monoisotopic (exact) mass is 287 g/mol. The summed E-state index contributed by atoms with van der Waals surface area (Å²) in [6.07, 6.45) is 2.63. The molecule has 2 aliphatic rings. The van der Waals surface area contributed by atoms with E-state index in [9.17, 15) is 18.0 Å². The van der Waals surface area contributed by atoms with Crippen LogP contribution in [0.1, 0.15) is 46.5 Å². The smallest absolute Gasteiger partial charge is 0.239 e. The lowest BCUT2D eigenvalue weighted by atomic mass is 9.48. The van der Waals surface area contributed by atoms with Gasteiger partial charge in [-0.15, -0.1) is 0 Å². The molecule has 2 unspecified atom stereocenters. The minimum absolute atomic E-state index is 0.0383. The first-order chi connectivity index (χ1) is 8.63. The Labute approximate surface area is 114 Å². The molecule has 1 amide bonds. The van der Waals surface area contributed by atoms with Crippen LogP contribution in [0, 0.1) is 16.7 Å². The first kappa shape index (κ1) is 14.5. The van der Waals surface area contributed by atoms with Crippen molar-refractivity contribution >= 4 is 21.7 Å². The Bertz CT molecular complexity index is 523. The van der Waals surface area contributed by atoms with Gasteiger partial charge in [0, 0.05) is 17.3 Å². The third-order valence-corrected chi connectivity index (χ3v) is 6.29. The van der Waals surface area contributed by atoms with Crippen molar-refractivity contribution in [3.63, 3.8) is 0 Å². The molecule has 0 aliphatic heterocycles. The molecule has 0 saturated heterocycles. The van der Waals surface area contributed by atoms with E-state index < -0.39 is 26.8 Å². The minimum atomic E-state index is -3.73. The highest BCUT2D eigenvalue weighted by molar-refractivity contribution is 7.90. The first-order valence-electron chi connectivity index (χ1n) is 6.71. The summed E-state index contributed by atoms with van der Waals surface area (Å²) in [5.41, 5.74) is -1.39. The predicted molar refractivity (Wildman–Crippen MR) is 70.8 cm³/mol. The number of amides is 1. The predicted octanol–water partition coefficient (Wildman–Crippen LogP) is 1.24. The molecule has 5 nitrogen and oxygen atoms in total. The van der Waals surface area contributed by atoms with Gasteiger partial charge >= 0.3 is 0 Å². The van der Waals surface area contributed by atoms with E-state index in [1.54, 1.807) is 13.8 Å². The lowest BCUT2D eigenvalue weighted by Gasteiger charge is -2.56. The van der Waals surface area contributed by atoms with Crippen molar-refractivity contribution in [1.82, 2.24) is 4.72 Å². The van der Waals surface area contributed by atoms with E-state index in [1.165, 1.54) is 0 Å². The van der Waals surface area contributed by atoms with E-state index in [4.69, 9.17) is 0 Å². The number of carbonyl (C=O) groups excluding carboxylic acids is 2. The lowest BCUT2D eigenvalue weighted by molar-refractivity contribution is -0.156. The second-order valence-corrected chi connectivity index (χ2v) is 8.17. The number of hydrogen-bond acceptors (Lipinski definition) is 4. The van der Waals surface area contributed by atoms with Crippen molar-refractivity contribution in [2.45, 2.75) is 46.5 Å². The van der Waals surface area contributed by atoms with Gasteiger partial charge in [0.05, 0.1) is 5.75 Å². The highest BCUT2D eigenvalue weighted by atomic mass is 32.2. The van der Waals surface area contributed by atoms with Crippen LogP contribution in [-0.4, -0.2) is 25.9 Å². The fraction of sp³-hybridized carbons (Fsp3) is 0.846. The summed E-state index contributed by atoms with van der Waals surface area (Å²) >= 11 is 0. The molecule has 108 valence electrons. The third-order valence-electron chi connectivity index (χ3n) is 4.90. The van der Waals surface area contributed by atoms with Crippen molar-refractivity contribution in [2.75, 3.05) is 5.75 Å². The maximum absolute atomic E-state index is 12.1. The van der Waals surface area contributed by atoms with Crippen LogP contribution < -0.4 is 4.72 Å². The molecule has 6 heteroatoms. The molecule has 0 heterocycles. The first-order valence-corrected chi connectivity index (χ1v) is 8.36. The summed E-state index contributed by atoms with van der Waals surface area (Å²) < 4.78 is 26.2. The van der Waals surface area contributed by atoms with Gasteiger partial charge in [-0.1, -0.05) is 20.8 Å². The summed E-state index contributed by atoms with van der Waals surface area (Å²) in [6, 6.07) is 0. The molecule has 0 aromatic carbocycles. The number of ketones is 1. The fourth-order valence-corrected chi connectivity index (χ4v) is 4.59. The molecule has 1 N–H and O–H groups in total. The summed E-state index contributed by atoms with van der Waals surface area (Å²) in [7, 11) is -3.73. The molecular formula is C13H21NO4S. The number of sulfonamides is 1. The molecule has 0 aromatic rings. The van der Waals surface area contributed by atoms with Gasteiger partial charge in [-0.2, -0.15) is 0 Å². The van der Waals surface area contributed by atoms with Crippen LogP contribution in [-0.2, 0) is 19.6 Å². The Morgan fingerprint density at radius 2 is 2.11 bits per heavy atom. The van der Waals surface area contributed by atoms with Gasteiger partial charge in [-0.25, -0.2) is 8.42 Å². The summed E-state index contributed by atoms with van der Waals surface area (Å²) in [4.78, 5) is 23.6. The Morgan fingerprint density at radius 3 is 2.47 bits per heavy atom. The number of fused-ring (bicyclic) bond motifs is 1. The molecule has 2 saturated carbocycles. The third kappa shape index (κ3) is 2.30. The van der Waals surface area contributed by atoms with Gasteiger partial charge in [-0.05, 0) is 25.2 Å². The summed E-state index contributed by atoms with van der Waals surface area (Å²) in [5, 5.41) is 0. The molecular weight excluding hydrogens is 266 g/mol. The van der Waals surface area contributed by atoms with E-state index in [-0.39, 0.29) is 17.5 Å². The van der Waals surface area contributed by atoms with Crippen LogP contribution >= 0.6 is 0 Å². The second-order valence-electron chi connectivity index (χ2n) is 6.45. The van der Waals surface area contributed by atoms with Crippen molar-refractivity contribution < 1.29 is 18.0 Å². The molecule has 2 rings (SSSR count). The Morgan fingerprint density at radius 1 is 1.47 bits per heavy atom. The standard InChI is InChI=1S/C13H21NO4S/c1-4-12(2,3)11(16)14-19(17,18)8-13-6-5-9(13)7-10(13)15/h9H,4-8H2,1-3H3,(H,14,16). The quantitative estimate of drug-likeness (QED) is 0.825. The average Bonchev–Trinajstić information content (AvgIpc) is 2.31. The highest BCUT2D eigenvalue weighted by Crippen LogP contribution is 2.58. The molecule has 0 spiro atoms. The molecule has 2 atom stereocenters.